The number of nitrogens with zero attached hydrogens (tertiary/aromatic N) is 3. The molecule has 0 aromatic carbocycles. The van der Waals surface area contributed by atoms with Crippen LogP contribution in [0.25, 0.3) is 0 Å². The van der Waals surface area contributed by atoms with Crippen molar-refractivity contribution in [3.63, 3.8) is 0 Å². The second-order valence-corrected chi connectivity index (χ2v) is 5.01. The van der Waals surface area contributed by atoms with Gasteiger partial charge in [-0.05, 0) is 19.8 Å². The predicted octanol–water partition coefficient (Wildman–Crippen LogP) is 0.375. The number of nitrogens with one attached hydrogen (secondary N) is 1. The van der Waals surface area contributed by atoms with Crippen LogP contribution in [-0.4, -0.2) is 53.0 Å². The number of hydrogen-bond donors (Lipinski definition) is 1. The lowest BCUT2D eigenvalue weighted by Crippen LogP contribution is -2.51. The summed E-state index contributed by atoms with van der Waals surface area (Å²) >= 11 is 0. The highest BCUT2D eigenvalue weighted by molar-refractivity contribution is 4.93. The number of hydrogen-bond acceptors (Lipinski definition) is 5. The molecule has 1 aromatic rings. The SMILES string of the molecule is CCOC1CC(N[C@H]2COC[C@H]2n2ccnn2)C1. The maximum atomic E-state index is 5.57. The smallest absolute Gasteiger partial charge is 0.0945 e. The van der Waals surface area contributed by atoms with Crippen molar-refractivity contribution >= 4 is 0 Å². The maximum absolute atomic E-state index is 5.57. The van der Waals surface area contributed by atoms with E-state index in [-0.39, 0.29) is 6.04 Å². The summed E-state index contributed by atoms with van der Waals surface area (Å²) in [5.41, 5.74) is 0. The van der Waals surface area contributed by atoms with Gasteiger partial charge in [-0.3, -0.25) is 0 Å². The molecule has 1 saturated heterocycles. The Morgan fingerprint density at radius 1 is 1.44 bits per heavy atom. The van der Waals surface area contributed by atoms with Gasteiger partial charge in [0.25, 0.3) is 0 Å². The second-order valence-electron chi connectivity index (χ2n) is 5.01. The zero-order chi connectivity index (χ0) is 12.4. The fourth-order valence-corrected chi connectivity index (χ4v) is 2.73. The third-order valence-electron chi connectivity index (χ3n) is 3.78. The quantitative estimate of drug-likeness (QED) is 0.820. The highest BCUT2D eigenvalue weighted by atomic mass is 16.5. The van der Waals surface area contributed by atoms with Gasteiger partial charge in [-0.1, -0.05) is 5.21 Å². The molecule has 1 aliphatic heterocycles. The summed E-state index contributed by atoms with van der Waals surface area (Å²) in [6.45, 7) is 4.32. The molecule has 0 bridgehead atoms. The minimum Gasteiger partial charge on any atom is -0.378 e. The van der Waals surface area contributed by atoms with Crippen LogP contribution in [0.5, 0.6) is 0 Å². The predicted molar refractivity (Wildman–Crippen MR) is 65.2 cm³/mol. The van der Waals surface area contributed by atoms with E-state index in [0.717, 1.165) is 26.1 Å². The molecule has 0 spiro atoms. The van der Waals surface area contributed by atoms with E-state index in [4.69, 9.17) is 9.47 Å². The van der Waals surface area contributed by atoms with Crippen LogP contribution in [0.4, 0.5) is 0 Å². The van der Waals surface area contributed by atoms with Gasteiger partial charge in [0.1, 0.15) is 0 Å². The van der Waals surface area contributed by atoms with Gasteiger partial charge < -0.3 is 14.8 Å². The maximum Gasteiger partial charge on any atom is 0.0945 e. The Balaban J connectivity index is 1.51. The van der Waals surface area contributed by atoms with E-state index in [1.54, 1.807) is 6.20 Å². The zero-order valence-corrected chi connectivity index (χ0v) is 10.7. The lowest BCUT2D eigenvalue weighted by atomic mass is 9.88. The normalized spacial score (nSPS) is 35.6. The van der Waals surface area contributed by atoms with E-state index in [2.05, 4.69) is 15.6 Å². The molecule has 2 atom stereocenters. The monoisotopic (exact) mass is 252 g/mol. The van der Waals surface area contributed by atoms with Crippen molar-refractivity contribution in [2.24, 2.45) is 0 Å². The number of aromatic nitrogens is 3. The average Bonchev–Trinajstić information content (AvgIpc) is 2.96. The zero-order valence-electron chi connectivity index (χ0n) is 10.7. The molecule has 6 nitrogen and oxygen atoms in total. The fraction of sp³-hybridized carbons (Fsp3) is 0.833. The van der Waals surface area contributed by atoms with Gasteiger partial charge in [-0.15, -0.1) is 5.10 Å². The van der Waals surface area contributed by atoms with E-state index in [1.807, 2.05) is 17.8 Å². The van der Waals surface area contributed by atoms with Crippen LogP contribution in [0, 0.1) is 0 Å². The summed E-state index contributed by atoms with van der Waals surface area (Å²) in [4.78, 5) is 0. The fourth-order valence-electron chi connectivity index (χ4n) is 2.73. The molecule has 2 fully saturated rings. The number of ether oxygens (including phenoxy) is 2. The van der Waals surface area contributed by atoms with Gasteiger partial charge in [0.2, 0.25) is 0 Å². The molecule has 3 rings (SSSR count). The third-order valence-corrected chi connectivity index (χ3v) is 3.78. The summed E-state index contributed by atoms with van der Waals surface area (Å²) in [6, 6.07) is 1.15. The summed E-state index contributed by atoms with van der Waals surface area (Å²) < 4.78 is 13.0. The summed E-state index contributed by atoms with van der Waals surface area (Å²) in [5, 5.41) is 11.6. The van der Waals surface area contributed by atoms with Crippen LogP contribution in [-0.2, 0) is 9.47 Å². The lowest BCUT2D eigenvalue weighted by Gasteiger charge is -2.38. The van der Waals surface area contributed by atoms with Crippen molar-refractivity contribution < 1.29 is 9.47 Å². The molecule has 1 aliphatic carbocycles. The molecule has 6 heteroatoms. The van der Waals surface area contributed by atoms with Crippen molar-refractivity contribution in [2.75, 3.05) is 19.8 Å². The molecule has 0 radical (unpaired) electrons. The van der Waals surface area contributed by atoms with E-state index >= 15 is 0 Å². The second kappa shape index (κ2) is 5.34. The third kappa shape index (κ3) is 2.41. The van der Waals surface area contributed by atoms with Gasteiger partial charge >= 0.3 is 0 Å². The molecule has 0 amide bonds. The van der Waals surface area contributed by atoms with Crippen molar-refractivity contribution in [2.45, 2.75) is 44.0 Å². The van der Waals surface area contributed by atoms with Crippen molar-refractivity contribution in [1.29, 1.82) is 0 Å². The Kier molecular flexibility index (Phi) is 3.58. The van der Waals surface area contributed by atoms with Crippen LogP contribution >= 0.6 is 0 Å². The molecule has 1 N–H and O–H groups in total. The van der Waals surface area contributed by atoms with Crippen LogP contribution in [0.1, 0.15) is 25.8 Å². The summed E-state index contributed by atoms with van der Waals surface area (Å²) in [7, 11) is 0. The molecule has 0 unspecified atom stereocenters. The van der Waals surface area contributed by atoms with Gasteiger partial charge in [-0.25, -0.2) is 4.68 Å². The first-order valence-electron chi connectivity index (χ1n) is 6.68. The molecular formula is C12H20N4O2. The summed E-state index contributed by atoms with van der Waals surface area (Å²) in [6.07, 6.45) is 6.27. The van der Waals surface area contributed by atoms with E-state index in [1.165, 1.54) is 0 Å². The highest BCUT2D eigenvalue weighted by Crippen LogP contribution is 2.26. The molecule has 2 heterocycles. The largest absolute Gasteiger partial charge is 0.378 e. The van der Waals surface area contributed by atoms with E-state index < -0.39 is 0 Å². The lowest BCUT2D eigenvalue weighted by molar-refractivity contribution is -0.0134. The van der Waals surface area contributed by atoms with Crippen LogP contribution < -0.4 is 5.32 Å². The first kappa shape index (κ1) is 12.1. The minimum absolute atomic E-state index is 0.263. The Hall–Kier alpha value is -0.980. The van der Waals surface area contributed by atoms with Crippen molar-refractivity contribution in [3.8, 4) is 0 Å². The Labute approximate surface area is 107 Å². The van der Waals surface area contributed by atoms with Gasteiger partial charge in [-0.2, -0.15) is 0 Å². The topological polar surface area (TPSA) is 61.2 Å². The van der Waals surface area contributed by atoms with E-state index in [9.17, 15) is 0 Å². The van der Waals surface area contributed by atoms with Gasteiger partial charge in [0, 0.05) is 18.8 Å². The molecule has 1 saturated carbocycles. The van der Waals surface area contributed by atoms with E-state index in [0.29, 0.717) is 24.8 Å². The van der Waals surface area contributed by atoms with Gasteiger partial charge in [0.05, 0.1) is 37.6 Å². The average molecular weight is 252 g/mol. The Bertz CT molecular complexity index is 364. The first-order chi connectivity index (χ1) is 8.86. The summed E-state index contributed by atoms with van der Waals surface area (Å²) in [5.74, 6) is 0. The van der Waals surface area contributed by atoms with Crippen LogP contribution in [0.3, 0.4) is 0 Å². The highest BCUT2D eigenvalue weighted by Gasteiger charge is 2.36. The molecule has 18 heavy (non-hydrogen) atoms. The van der Waals surface area contributed by atoms with Gasteiger partial charge in [0.15, 0.2) is 0 Å². The molecule has 1 aromatic heterocycles. The Morgan fingerprint density at radius 2 is 2.33 bits per heavy atom. The van der Waals surface area contributed by atoms with Crippen LogP contribution in [0.2, 0.25) is 0 Å². The Morgan fingerprint density at radius 3 is 3.06 bits per heavy atom. The molecule has 2 aliphatic rings. The molecule has 100 valence electrons. The van der Waals surface area contributed by atoms with Crippen molar-refractivity contribution in [1.82, 2.24) is 20.3 Å². The van der Waals surface area contributed by atoms with Crippen molar-refractivity contribution in [3.05, 3.63) is 12.4 Å². The van der Waals surface area contributed by atoms with Crippen LogP contribution in [0.15, 0.2) is 12.4 Å². The minimum atomic E-state index is 0.263. The first-order valence-corrected chi connectivity index (χ1v) is 6.68. The standard InChI is InChI=1S/C12H20N4O2/c1-2-18-10-5-9(6-10)14-11-7-17-8-12(11)16-4-3-13-15-16/h3-4,9-12,14H,2,5-8H2,1H3/t9?,10?,11-,12+/m0/s1. The number of rotatable bonds is 5. The molecular weight excluding hydrogens is 232 g/mol.